The molecular formula is C11H12N4O3. The summed E-state index contributed by atoms with van der Waals surface area (Å²) in [7, 11) is 0. The number of nitrogens with zero attached hydrogens (tertiary/aromatic N) is 2. The Labute approximate surface area is 103 Å². The fourth-order valence-electron chi connectivity index (χ4n) is 2.06. The van der Waals surface area contributed by atoms with E-state index in [9.17, 15) is 9.59 Å². The van der Waals surface area contributed by atoms with E-state index in [2.05, 4.69) is 10.3 Å². The molecule has 2 amide bonds. The maximum Gasteiger partial charge on any atom is 0.263 e. The second kappa shape index (κ2) is 3.95. The molecule has 0 bridgehead atoms. The van der Waals surface area contributed by atoms with Crippen molar-refractivity contribution in [3.05, 3.63) is 12.1 Å². The van der Waals surface area contributed by atoms with Gasteiger partial charge < -0.3 is 15.8 Å². The largest absolute Gasteiger partial charge is 0.480 e. The van der Waals surface area contributed by atoms with Crippen molar-refractivity contribution in [3.63, 3.8) is 0 Å². The summed E-state index contributed by atoms with van der Waals surface area (Å²) in [5, 5.41) is 2.61. The van der Waals surface area contributed by atoms with Gasteiger partial charge >= 0.3 is 0 Å². The Morgan fingerprint density at radius 1 is 1.44 bits per heavy atom. The number of carbonyl (C=O) groups is 2. The van der Waals surface area contributed by atoms with Crippen LogP contribution in [0.3, 0.4) is 0 Å². The lowest BCUT2D eigenvalue weighted by molar-refractivity contribution is -0.118. The van der Waals surface area contributed by atoms with Gasteiger partial charge in [0.1, 0.15) is 5.82 Å². The van der Waals surface area contributed by atoms with Crippen LogP contribution in [0.5, 0.6) is 5.75 Å². The summed E-state index contributed by atoms with van der Waals surface area (Å²) in [6, 6.07) is 3.21. The number of pyridine rings is 1. The molecule has 0 saturated carbocycles. The molecule has 3 heterocycles. The van der Waals surface area contributed by atoms with Gasteiger partial charge in [-0.05, 0) is 12.1 Å². The molecule has 1 aromatic rings. The van der Waals surface area contributed by atoms with Crippen LogP contribution in [0.15, 0.2) is 12.1 Å². The highest BCUT2D eigenvalue weighted by molar-refractivity contribution is 5.97. The number of nitrogens with one attached hydrogen (secondary N) is 1. The van der Waals surface area contributed by atoms with E-state index in [-0.39, 0.29) is 24.5 Å². The Balaban J connectivity index is 1.92. The zero-order valence-electron chi connectivity index (χ0n) is 9.55. The number of carbonyl (C=O) groups excluding carboxylic acids is 2. The van der Waals surface area contributed by atoms with Crippen molar-refractivity contribution in [2.75, 3.05) is 23.4 Å². The highest BCUT2D eigenvalue weighted by Crippen LogP contribution is 2.29. The molecule has 7 heteroatoms. The third-order valence-electron chi connectivity index (χ3n) is 2.89. The molecule has 1 fully saturated rings. The molecule has 1 atom stereocenters. The first-order valence-electron chi connectivity index (χ1n) is 5.63. The van der Waals surface area contributed by atoms with E-state index in [0.717, 1.165) is 0 Å². The molecule has 1 unspecified atom stereocenters. The summed E-state index contributed by atoms with van der Waals surface area (Å²) in [5.74, 6) is 1.03. The van der Waals surface area contributed by atoms with Crippen molar-refractivity contribution >= 4 is 23.5 Å². The molecule has 3 rings (SSSR count). The van der Waals surface area contributed by atoms with Gasteiger partial charge in [-0.15, -0.1) is 0 Å². The highest BCUT2D eigenvalue weighted by atomic mass is 16.5. The Bertz CT molecular complexity index is 531. The van der Waals surface area contributed by atoms with E-state index >= 15 is 0 Å². The summed E-state index contributed by atoms with van der Waals surface area (Å²) in [6.07, 6.45) is 0.321. The lowest BCUT2D eigenvalue weighted by Gasteiger charge is -2.20. The van der Waals surface area contributed by atoms with Gasteiger partial charge in [0.05, 0.1) is 0 Å². The van der Waals surface area contributed by atoms with Crippen LogP contribution < -0.4 is 20.7 Å². The summed E-state index contributed by atoms with van der Waals surface area (Å²) < 4.78 is 5.20. The van der Waals surface area contributed by atoms with Gasteiger partial charge in [-0.3, -0.25) is 14.5 Å². The van der Waals surface area contributed by atoms with Crippen molar-refractivity contribution in [2.24, 2.45) is 5.73 Å². The first-order valence-corrected chi connectivity index (χ1v) is 5.63. The van der Waals surface area contributed by atoms with E-state index in [1.807, 2.05) is 0 Å². The molecular weight excluding hydrogens is 236 g/mol. The summed E-state index contributed by atoms with van der Waals surface area (Å²) >= 11 is 0. The Morgan fingerprint density at radius 3 is 3.00 bits per heavy atom. The Hall–Kier alpha value is -2.15. The average Bonchev–Trinajstić information content (AvgIpc) is 2.67. The zero-order chi connectivity index (χ0) is 12.7. The van der Waals surface area contributed by atoms with Crippen molar-refractivity contribution < 1.29 is 14.3 Å². The lowest BCUT2D eigenvalue weighted by atomic mass is 10.3. The predicted octanol–water partition coefficient (Wildman–Crippen LogP) is -0.524. The van der Waals surface area contributed by atoms with Crippen molar-refractivity contribution in [1.82, 2.24) is 4.98 Å². The van der Waals surface area contributed by atoms with Crippen molar-refractivity contribution in [2.45, 2.75) is 12.5 Å². The smallest absolute Gasteiger partial charge is 0.263 e. The first-order chi connectivity index (χ1) is 8.63. The van der Waals surface area contributed by atoms with Crippen LogP contribution in [0.4, 0.5) is 11.6 Å². The number of nitrogens with two attached hydrogens (primary N) is 1. The van der Waals surface area contributed by atoms with E-state index in [1.165, 1.54) is 4.90 Å². The van der Waals surface area contributed by atoms with Gasteiger partial charge in [-0.2, -0.15) is 0 Å². The lowest BCUT2D eigenvalue weighted by Crippen LogP contribution is -2.30. The van der Waals surface area contributed by atoms with Crippen LogP contribution in [0, 0.1) is 0 Å². The van der Waals surface area contributed by atoms with Gasteiger partial charge in [0, 0.05) is 19.0 Å². The maximum atomic E-state index is 11.7. The van der Waals surface area contributed by atoms with Gasteiger partial charge in [0.25, 0.3) is 5.91 Å². The van der Waals surface area contributed by atoms with Gasteiger partial charge in [0.2, 0.25) is 5.91 Å². The SMILES string of the molecule is NC1CC(=O)N(c2ccc3c(n2)NC(=O)CO3)C1. The number of anilines is 2. The quantitative estimate of drug-likeness (QED) is 0.696. The molecule has 2 aliphatic rings. The summed E-state index contributed by atoms with van der Waals surface area (Å²) in [4.78, 5) is 28.6. The van der Waals surface area contributed by atoms with Crippen molar-refractivity contribution in [1.29, 1.82) is 0 Å². The summed E-state index contributed by atoms with van der Waals surface area (Å²) in [6.45, 7) is 0.432. The number of ether oxygens (including phenoxy) is 1. The fourth-order valence-corrected chi connectivity index (χ4v) is 2.06. The van der Waals surface area contributed by atoms with Crippen LogP contribution in [0.25, 0.3) is 0 Å². The second-order valence-electron chi connectivity index (χ2n) is 4.32. The number of hydrogen-bond donors (Lipinski definition) is 2. The molecule has 0 spiro atoms. The third-order valence-corrected chi connectivity index (χ3v) is 2.89. The van der Waals surface area contributed by atoms with E-state index in [0.29, 0.717) is 30.4 Å². The van der Waals surface area contributed by atoms with Crippen LogP contribution in [0.1, 0.15) is 6.42 Å². The molecule has 0 aliphatic carbocycles. The predicted molar refractivity (Wildman–Crippen MR) is 63.3 cm³/mol. The number of hydrogen-bond acceptors (Lipinski definition) is 5. The van der Waals surface area contributed by atoms with Gasteiger partial charge in [0.15, 0.2) is 18.2 Å². The number of aromatic nitrogens is 1. The van der Waals surface area contributed by atoms with Crippen LogP contribution >= 0.6 is 0 Å². The number of fused-ring (bicyclic) bond motifs is 1. The highest BCUT2D eigenvalue weighted by Gasteiger charge is 2.30. The number of rotatable bonds is 1. The molecule has 94 valence electrons. The van der Waals surface area contributed by atoms with Gasteiger partial charge in [-0.1, -0.05) is 0 Å². The van der Waals surface area contributed by atoms with Crippen LogP contribution in [0.2, 0.25) is 0 Å². The molecule has 1 aromatic heterocycles. The molecule has 0 aromatic carbocycles. The molecule has 7 nitrogen and oxygen atoms in total. The zero-order valence-corrected chi connectivity index (χ0v) is 9.55. The average molecular weight is 248 g/mol. The normalized spacial score (nSPS) is 22.5. The minimum atomic E-state index is -0.253. The molecule has 3 N–H and O–H groups in total. The summed E-state index contributed by atoms with van der Waals surface area (Å²) in [5.41, 5.74) is 5.73. The molecule has 2 aliphatic heterocycles. The maximum absolute atomic E-state index is 11.7. The Morgan fingerprint density at radius 2 is 2.28 bits per heavy atom. The minimum absolute atomic E-state index is 0.0124. The van der Waals surface area contributed by atoms with E-state index in [4.69, 9.17) is 10.5 Å². The molecule has 18 heavy (non-hydrogen) atoms. The van der Waals surface area contributed by atoms with E-state index < -0.39 is 0 Å². The monoisotopic (exact) mass is 248 g/mol. The van der Waals surface area contributed by atoms with E-state index in [1.54, 1.807) is 12.1 Å². The number of amides is 2. The Kier molecular flexibility index (Phi) is 2.41. The topological polar surface area (TPSA) is 97.5 Å². The third kappa shape index (κ3) is 1.78. The van der Waals surface area contributed by atoms with Gasteiger partial charge in [-0.25, -0.2) is 4.98 Å². The van der Waals surface area contributed by atoms with Crippen LogP contribution in [-0.2, 0) is 9.59 Å². The molecule has 1 saturated heterocycles. The minimum Gasteiger partial charge on any atom is -0.480 e. The standard InChI is InChI=1S/C11H12N4O3/c12-6-3-10(17)15(4-6)8-2-1-7-11(13-8)14-9(16)5-18-7/h1-2,6H,3-5,12H2,(H,13,14,16). The first kappa shape index (κ1) is 11.0. The van der Waals surface area contributed by atoms with Crippen molar-refractivity contribution in [3.8, 4) is 5.75 Å². The second-order valence-corrected chi connectivity index (χ2v) is 4.32. The molecule has 0 radical (unpaired) electrons. The fraction of sp³-hybridized carbons (Fsp3) is 0.364. The van der Waals surface area contributed by atoms with Crippen LogP contribution in [-0.4, -0.2) is 36.0 Å².